The first-order valence-corrected chi connectivity index (χ1v) is 9.02. The van der Waals surface area contributed by atoms with Gasteiger partial charge in [0, 0.05) is 5.69 Å². The summed E-state index contributed by atoms with van der Waals surface area (Å²) in [5.74, 6) is 0.751. The average Bonchev–Trinajstić information content (AvgIpc) is 2.50. The van der Waals surface area contributed by atoms with Gasteiger partial charge in [0.05, 0.1) is 12.3 Å². The maximum atomic E-state index is 5.86. The van der Waals surface area contributed by atoms with Crippen molar-refractivity contribution in [2.45, 2.75) is 77.6 Å². The standard InChI is InChI=1S/C19H34N2O/c1-2-3-4-5-6-7-8-9-10-11-12-15-22-19-14-13-17(20)16-18(19)21/h13-14,16H,2-12,15,20-21H2,1H3. The minimum Gasteiger partial charge on any atom is -0.491 e. The molecule has 0 aromatic heterocycles. The van der Waals surface area contributed by atoms with Gasteiger partial charge >= 0.3 is 0 Å². The van der Waals surface area contributed by atoms with Crippen LogP contribution in [0.15, 0.2) is 18.2 Å². The lowest BCUT2D eigenvalue weighted by atomic mass is 10.1. The van der Waals surface area contributed by atoms with Crippen LogP contribution in [0.5, 0.6) is 5.75 Å². The number of hydrogen-bond acceptors (Lipinski definition) is 3. The zero-order chi connectivity index (χ0) is 16.0. The van der Waals surface area contributed by atoms with Gasteiger partial charge in [-0.1, -0.05) is 71.1 Å². The van der Waals surface area contributed by atoms with Crippen molar-refractivity contribution in [3.05, 3.63) is 18.2 Å². The second-order valence-corrected chi connectivity index (χ2v) is 6.18. The molecule has 1 aromatic carbocycles. The number of hydrogen-bond donors (Lipinski definition) is 2. The average molecular weight is 306 g/mol. The molecular formula is C19H34N2O. The van der Waals surface area contributed by atoms with Crippen molar-refractivity contribution in [2.75, 3.05) is 18.1 Å². The van der Waals surface area contributed by atoms with Crippen LogP contribution in [0.25, 0.3) is 0 Å². The molecule has 0 unspecified atom stereocenters. The molecule has 3 nitrogen and oxygen atoms in total. The van der Waals surface area contributed by atoms with Crippen LogP contribution in [-0.4, -0.2) is 6.61 Å². The number of nitrogens with two attached hydrogens (primary N) is 2. The molecule has 0 atom stereocenters. The molecule has 0 aliphatic heterocycles. The molecule has 0 aliphatic rings. The molecule has 4 N–H and O–H groups in total. The van der Waals surface area contributed by atoms with E-state index in [2.05, 4.69) is 6.92 Å². The number of anilines is 2. The Bertz CT molecular complexity index is 393. The fourth-order valence-corrected chi connectivity index (χ4v) is 2.65. The lowest BCUT2D eigenvalue weighted by Crippen LogP contribution is -2.01. The summed E-state index contributed by atoms with van der Waals surface area (Å²) in [6, 6.07) is 5.42. The SMILES string of the molecule is CCCCCCCCCCCCCOc1ccc(N)cc1N. The Morgan fingerprint density at radius 1 is 0.773 bits per heavy atom. The third kappa shape index (κ3) is 8.81. The maximum absolute atomic E-state index is 5.86. The van der Waals surface area contributed by atoms with Gasteiger partial charge in [-0.15, -0.1) is 0 Å². The quantitative estimate of drug-likeness (QED) is 0.371. The summed E-state index contributed by atoms with van der Waals surface area (Å²) < 4.78 is 5.69. The minimum absolute atomic E-state index is 0.628. The van der Waals surface area contributed by atoms with E-state index in [1.165, 1.54) is 64.2 Å². The molecule has 0 heterocycles. The van der Waals surface area contributed by atoms with E-state index in [4.69, 9.17) is 16.2 Å². The molecule has 0 bridgehead atoms. The molecule has 3 heteroatoms. The molecule has 0 saturated heterocycles. The van der Waals surface area contributed by atoms with E-state index in [-0.39, 0.29) is 0 Å². The van der Waals surface area contributed by atoms with Gasteiger partial charge in [0.1, 0.15) is 5.75 Å². The van der Waals surface area contributed by atoms with Crippen LogP contribution < -0.4 is 16.2 Å². The number of benzene rings is 1. The van der Waals surface area contributed by atoms with Crippen LogP contribution in [0.3, 0.4) is 0 Å². The van der Waals surface area contributed by atoms with Gasteiger partial charge < -0.3 is 16.2 Å². The van der Waals surface area contributed by atoms with E-state index in [0.29, 0.717) is 11.4 Å². The Morgan fingerprint density at radius 3 is 1.86 bits per heavy atom. The van der Waals surface area contributed by atoms with E-state index < -0.39 is 0 Å². The highest BCUT2D eigenvalue weighted by Crippen LogP contribution is 2.23. The Labute approximate surface area is 136 Å². The molecule has 0 fully saturated rings. The summed E-state index contributed by atoms with van der Waals surface area (Å²) in [6.07, 6.45) is 14.8. The number of unbranched alkanes of at least 4 members (excludes halogenated alkanes) is 10. The monoisotopic (exact) mass is 306 g/mol. The lowest BCUT2D eigenvalue weighted by molar-refractivity contribution is 0.306. The number of nitrogen functional groups attached to an aromatic ring is 2. The molecule has 1 aromatic rings. The molecule has 22 heavy (non-hydrogen) atoms. The lowest BCUT2D eigenvalue weighted by Gasteiger charge is -2.09. The molecular weight excluding hydrogens is 272 g/mol. The van der Waals surface area contributed by atoms with Gasteiger partial charge in [0.15, 0.2) is 0 Å². The van der Waals surface area contributed by atoms with Crippen molar-refractivity contribution < 1.29 is 4.74 Å². The Balaban J connectivity index is 1.89. The Morgan fingerprint density at radius 2 is 1.32 bits per heavy atom. The molecule has 0 amide bonds. The van der Waals surface area contributed by atoms with Crippen molar-refractivity contribution in [3.8, 4) is 5.75 Å². The van der Waals surface area contributed by atoms with E-state index in [1.54, 1.807) is 6.07 Å². The highest BCUT2D eigenvalue weighted by Gasteiger charge is 2.00. The van der Waals surface area contributed by atoms with Crippen molar-refractivity contribution in [2.24, 2.45) is 0 Å². The van der Waals surface area contributed by atoms with Crippen LogP contribution in [-0.2, 0) is 0 Å². The van der Waals surface area contributed by atoms with Crippen molar-refractivity contribution >= 4 is 11.4 Å². The smallest absolute Gasteiger partial charge is 0.142 e. The fraction of sp³-hybridized carbons (Fsp3) is 0.684. The largest absolute Gasteiger partial charge is 0.491 e. The third-order valence-corrected chi connectivity index (χ3v) is 4.04. The predicted molar refractivity (Wildman–Crippen MR) is 97.2 cm³/mol. The van der Waals surface area contributed by atoms with Gasteiger partial charge in [0.2, 0.25) is 0 Å². The highest BCUT2D eigenvalue weighted by molar-refractivity contribution is 5.60. The van der Waals surface area contributed by atoms with Gasteiger partial charge in [-0.2, -0.15) is 0 Å². The normalized spacial score (nSPS) is 10.8. The maximum Gasteiger partial charge on any atom is 0.142 e. The van der Waals surface area contributed by atoms with Crippen LogP contribution >= 0.6 is 0 Å². The summed E-state index contributed by atoms with van der Waals surface area (Å²) in [5.41, 5.74) is 12.8. The summed E-state index contributed by atoms with van der Waals surface area (Å²) in [4.78, 5) is 0. The molecule has 0 aliphatic carbocycles. The number of rotatable bonds is 13. The molecule has 0 radical (unpaired) electrons. The first-order valence-electron chi connectivity index (χ1n) is 9.02. The first-order chi connectivity index (χ1) is 10.7. The van der Waals surface area contributed by atoms with Gasteiger partial charge in [-0.3, -0.25) is 0 Å². The predicted octanol–water partition coefficient (Wildman–Crippen LogP) is 5.54. The summed E-state index contributed by atoms with van der Waals surface area (Å²) in [7, 11) is 0. The van der Waals surface area contributed by atoms with Crippen LogP contribution in [0.4, 0.5) is 11.4 Å². The van der Waals surface area contributed by atoms with Gasteiger partial charge in [-0.25, -0.2) is 0 Å². The topological polar surface area (TPSA) is 61.3 Å². The second kappa shape index (κ2) is 12.2. The van der Waals surface area contributed by atoms with Gasteiger partial charge in [-0.05, 0) is 24.6 Å². The highest BCUT2D eigenvalue weighted by atomic mass is 16.5. The third-order valence-electron chi connectivity index (χ3n) is 4.04. The Kier molecular flexibility index (Phi) is 10.3. The summed E-state index contributed by atoms with van der Waals surface area (Å²) in [6.45, 7) is 3.01. The molecule has 0 saturated carbocycles. The Hall–Kier alpha value is -1.38. The van der Waals surface area contributed by atoms with E-state index >= 15 is 0 Å². The first kappa shape index (κ1) is 18.7. The molecule has 0 spiro atoms. The van der Waals surface area contributed by atoms with Crippen LogP contribution in [0.2, 0.25) is 0 Å². The van der Waals surface area contributed by atoms with Crippen molar-refractivity contribution in [3.63, 3.8) is 0 Å². The van der Waals surface area contributed by atoms with Crippen molar-refractivity contribution in [1.29, 1.82) is 0 Å². The summed E-state index contributed by atoms with van der Waals surface area (Å²) in [5, 5.41) is 0. The minimum atomic E-state index is 0.628. The van der Waals surface area contributed by atoms with Crippen LogP contribution in [0, 0.1) is 0 Å². The van der Waals surface area contributed by atoms with E-state index in [9.17, 15) is 0 Å². The van der Waals surface area contributed by atoms with E-state index in [1.807, 2.05) is 12.1 Å². The summed E-state index contributed by atoms with van der Waals surface area (Å²) >= 11 is 0. The molecule has 126 valence electrons. The van der Waals surface area contributed by atoms with E-state index in [0.717, 1.165) is 18.8 Å². The second-order valence-electron chi connectivity index (χ2n) is 6.18. The molecule has 1 rings (SSSR count). The van der Waals surface area contributed by atoms with Crippen LogP contribution in [0.1, 0.15) is 77.6 Å². The van der Waals surface area contributed by atoms with Gasteiger partial charge in [0.25, 0.3) is 0 Å². The number of ether oxygens (including phenoxy) is 1. The zero-order valence-corrected chi connectivity index (χ0v) is 14.3. The zero-order valence-electron chi connectivity index (χ0n) is 14.3. The fourth-order valence-electron chi connectivity index (χ4n) is 2.65. The van der Waals surface area contributed by atoms with Crippen molar-refractivity contribution in [1.82, 2.24) is 0 Å².